The molecule has 0 saturated heterocycles. The molecule has 0 saturated carbocycles. The molecule has 0 bridgehead atoms. The van der Waals surface area contributed by atoms with Gasteiger partial charge in [0.1, 0.15) is 5.75 Å². The molecule has 0 radical (unpaired) electrons. The predicted molar refractivity (Wildman–Crippen MR) is 74.2 cm³/mol. The number of hydrogen-bond donors (Lipinski definition) is 1. The minimum atomic E-state index is 0.109. The summed E-state index contributed by atoms with van der Waals surface area (Å²) in [6, 6.07) is 5.97. The summed E-state index contributed by atoms with van der Waals surface area (Å²) in [5.41, 5.74) is 1.32. The lowest BCUT2D eigenvalue weighted by Crippen LogP contribution is -2.36. The van der Waals surface area contributed by atoms with Crippen LogP contribution in [0, 0.1) is 0 Å². The van der Waals surface area contributed by atoms with Crippen molar-refractivity contribution in [3.8, 4) is 5.75 Å². The summed E-state index contributed by atoms with van der Waals surface area (Å²) in [5.74, 6) is 0.810. The molecular formula is C14H22ClNO. The van der Waals surface area contributed by atoms with Crippen molar-refractivity contribution in [3.63, 3.8) is 0 Å². The molecule has 1 N–H and O–H groups in total. The monoisotopic (exact) mass is 255 g/mol. The fourth-order valence-electron chi connectivity index (χ4n) is 2.37. The Balaban J connectivity index is 3.18. The third-order valence-electron chi connectivity index (χ3n) is 3.62. The van der Waals surface area contributed by atoms with Crippen LogP contribution < -0.4 is 10.1 Å². The van der Waals surface area contributed by atoms with Crippen molar-refractivity contribution in [3.05, 3.63) is 28.8 Å². The molecule has 0 aliphatic rings. The van der Waals surface area contributed by atoms with Gasteiger partial charge in [-0.15, -0.1) is 0 Å². The van der Waals surface area contributed by atoms with Crippen LogP contribution in [0.3, 0.4) is 0 Å². The maximum Gasteiger partial charge on any atom is 0.120 e. The maximum atomic E-state index is 6.38. The number of ether oxygens (including phenoxy) is 1. The smallest absolute Gasteiger partial charge is 0.120 e. The van der Waals surface area contributed by atoms with Gasteiger partial charge in [0, 0.05) is 17.0 Å². The van der Waals surface area contributed by atoms with Crippen molar-refractivity contribution in [1.82, 2.24) is 5.32 Å². The zero-order valence-electron chi connectivity index (χ0n) is 11.1. The molecule has 0 aliphatic heterocycles. The van der Waals surface area contributed by atoms with Crippen LogP contribution in [0.25, 0.3) is 0 Å². The Bertz CT molecular complexity index is 361. The minimum absolute atomic E-state index is 0.109. The molecule has 0 spiro atoms. The second-order valence-corrected chi connectivity index (χ2v) is 4.77. The lowest BCUT2D eigenvalue weighted by molar-refractivity contribution is 0.378. The van der Waals surface area contributed by atoms with Crippen LogP contribution in [-0.2, 0) is 5.41 Å². The summed E-state index contributed by atoms with van der Waals surface area (Å²) in [5, 5.41) is 4.07. The fourth-order valence-corrected chi connectivity index (χ4v) is 2.74. The van der Waals surface area contributed by atoms with Gasteiger partial charge in [-0.05, 0) is 37.6 Å². The number of hydrogen-bond acceptors (Lipinski definition) is 2. The van der Waals surface area contributed by atoms with Crippen LogP contribution in [0.1, 0.15) is 32.3 Å². The van der Waals surface area contributed by atoms with Crippen molar-refractivity contribution in [2.24, 2.45) is 0 Å². The molecule has 3 heteroatoms. The topological polar surface area (TPSA) is 21.3 Å². The van der Waals surface area contributed by atoms with Gasteiger partial charge in [0.15, 0.2) is 0 Å². The molecule has 0 fully saturated rings. The molecular weight excluding hydrogens is 234 g/mol. The summed E-state index contributed by atoms with van der Waals surface area (Å²) in [7, 11) is 3.64. The Morgan fingerprint density at radius 2 is 1.94 bits per heavy atom. The molecule has 0 aromatic heterocycles. The van der Waals surface area contributed by atoms with Gasteiger partial charge in [-0.3, -0.25) is 0 Å². The second-order valence-electron chi connectivity index (χ2n) is 4.36. The highest BCUT2D eigenvalue weighted by Crippen LogP contribution is 2.37. The first-order valence-corrected chi connectivity index (χ1v) is 6.50. The molecule has 17 heavy (non-hydrogen) atoms. The molecule has 2 nitrogen and oxygen atoms in total. The third-order valence-corrected chi connectivity index (χ3v) is 3.93. The predicted octanol–water partition coefficient (Wildman–Crippen LogP) is 3.63. The Morgan fingerprint density at radius 3 is 2.35 bits per heavy atom. The van der Waals surface area contributed by atoms with Gasteiger partial charge in [0.05, 0.1) is 7.11 Å². The second kappa shape index (κ2) is 6.27. The molecule has 96 valence electrons. The van der Waals surface area contributed by atoms with Crippen LogP contribution in [0.2, 0.25) is 5.02 Å². The molecule has 1 rings (SSSR count). The van der Waals surface area contributed by atoms with E-state index in [4.69, 9.17) is 16.3 Å². The highest BCUT2D eigenvalue weighted by atomic mass is 35.5. The van der Waals surface area contributed by atoms with E-state index in [1.54, 1.807) is 7.11 Å². The largest absolute Gasteiger partial charge is 0.497 e. The van der Waals surface area contributed by atoms with Crippen molar-refractivity contribution in [2.75, 3.05) is 20.7 Å². The molecule has 0 amide bonds. The van der Waals surface area contributed by atoms with E-state index in [2.05, 4.69) is 25.2 Å². The SMILES string of the molecule is CCC(CC)(CNC)c1ccc(OC)cc1Cl. The quantitative estimate of drug-likeness (QED) is 0.838. The van der Waals surface area contributed by atoms with Gasteiger partial charge in [-0.1, -0.05) is 31.5 Å². The van der Waals surface area contributed by atoms with E-state index in [0.717, 1.165) is 30.2 Å². The maximum absolute atomic E-state index is 6.38. The Hall–Kier alpha value is -0.730. The molecule has 1 aromatic carbocycles. The lowest BCUT2D eigenvalue weighted by atomic mass is 9.75. The third kappa shape index (κ3) is 2.93. The standard InChI is InChI=1S/C14H22ClNO/c1-5-14(6-2,10-16-3)12-8-7-11(17-4)9-13(12)15/h7-9,16H,5-6,10H2,1-4H3. The number of nitrogens with one attached hydrogen (secondary N) is 1. The van der Waals surface area contributed by atoms with Gasteiger partial charge in [0.25, 0.3) is 0 Å². The Morgan fingerprint density at radius 1 is 1.29 bits per heavy atom. The minimum Gasteiger partial charge on any atom is -0.497 e. The van der Waals surface area contributed by atoms with Gasteiger partial charge in [-0.25, -0.2) is 0 Å². The first kappa shape index (κ1) is 14.3. The molecule has 0 atom stereocenters. The van der Waals surface area contributed by atoms with E-state index in [1.165, 1.54) is 5.56 Å². The van der Waals surface area contributed by atoms with Gasteiger partial charge < -0.3 is 10.1 Å². The van der Waals surface area contributed by atoms with Crippen molar-refractivity contribution in [2.45, 2.75) is 32.1 Å². The number of likely N-dealkylation sites (N-methyl/N-ethyl adjacent to an activating group) is 1. The average molecular weight is 256 g/mol. The van der Waals surface area contributed by atoms with Gasteiger partial charge >= 0.3 is 0 Å². The van der Waals surface area contributed by atoms with E-state index < -0.39 is 0 Å². The molecule has 0 unspecified atom stereocenters. The van der Waals surface area contributed by atoms with E-state index >= 15 is 0 Å². The van der Waals surface area contributed by atoms with Gasteiger partial charge in [0.2, 0.25) is 0 Å². The van der Waals surface area contributed by atoms with E-state index in [9.17, 15) is 0 Å². The average Bonchev–Trinajstić information content (AvgIpc) is 2.36. The normalized spacial score (nSPS) is 11.6. The van der Waals surface area contributed by atoms with E-state index in [1.807, 2.05) is 19.2 Å². The number of benzene rings is 1. The summed E-state index contributed by atoms with van der Waals surface area (Å²) in [6.45, 7) is 5.36. The Kier molecular flexibility index (Phi) is 5.29. The summed E-state index contributed by atoms with van der Waals surface area (Å²) >= 11 is 6.38. The molecule has 0 aliphatic carbocycles. The van der Waals surface area contributed by atoms with E-state index in [0.29, 0.717) is 0 Å². The highest BCUT2D eigenvalue weighted by Gasteiger charge is 2.29. The lowest BCUT2D eigenvalue weighted by Gasteiger charge is -2.33. The van der Waals surface area contributed by atoms with Crippen LogP contribution in [0.4, 0.5) is 0 Å². The molecule has 0 heterocycles. The highest BCUT2D eigenvalue weighted by molar-refractivity contribution is 6.31. The number of methoxy groups -OCH3 is 1. The van der Waals surface area contributed by atoms with Crippen LogP contribution in [0.15, 0.2) is 18.2 Å². The van der Waals surface area contributed by atoms with Crippen LogP contribution in [0.5, 0.6) is 5.75 Å². The summed E-state index contributed by atoms with van der Waals surface area (Å²) in [6.07, 6.45) is 2.13. The van der Waals surface area contributed by atoms with Gasteiger partial charge in [-0.2, -0.15) is 0 Å². The zero-order valence-corrected chi connectivity index (χ0v) is 11.9. The first-order chi connectivity index (χ1) is 8.13. The number of halogens is 1. The van der Waals surface area contributed by atoms with Crippen molar-refractivity contribution < 1.29 is 4.74 Å². The first-order valence-electron chi connectivity index (χ1n) is 6.12. The van der Waals surface area contributed by atoms with E-state index in [-0.39, 0.29) is 5.41 Å². The fraction of sp³-hybridized carbons (Fsp3) is 0.571. The van der Waals surface area contributed by atoms with Crippen molar-refractivity contribution in [1.29, 1.82) is 0 Å². The van der Waals surface area contributed by atoms with Crippen LogP contribution >= 0.6 is 11.6 Å². The zero-order chi connectivity index (χ0) is 12.9. The Labute approximate surface area is 109 Å². The number of rotatable bonds is 6. The summed E-state index contributed by atoms with van der Waals surface area (Å²) in [4.78, 5) is 0. The van der Waals surface area contributed by atoms with Crippen molar-refractivity contribution >= 4 is 11.6 Å². The molecule has 1 aromatic rings. The van der Waals surface area contributed by atoms with Crippen LogP contribution in [-0.4, -0.2) is 20.7 Å². The summed E-state index contributed by atoms with van der Waals surface area (Å²) < 4.78 is 5.19.